The van der Waals surface area contributed by atoms with Gasteiger partial charge in [-0.25, -0.2) is 8.42 Å². The molecule has 1 fully saturated rings. The smallest absolute Gasteiger partial charge is 0.251 e. The van der Waals surface area contributed by atoms with Gasteiger partial charge in [0.25, 0.3) is 5.56 Å². The second-order valence-corrected chi connectivity index (χ2v) is 10.4. The number of hydrogen-bond acceptors (Lipinski definition) is 4. The molecule has 0 unspecified atom stereocenters. The molecule has 7 nitrogen and oxygen atoms in total. The average Bonchev–Trinajstić information content (AvgIpc) is 3.40. The molecule has 1 saturated heterocycles. The molecule has 0 aliphatic carbocycles. The van der Waals surface area contributed by atoms with Gasteiger partial charge in [-0.2, -0.15) is 4.31 Å². The summed E-state index contributed by atoms with van der Waals surface area (Å²) in [4.78, 5) is 27.6. The predicted molar refractivity (Wildman–Crippen MR) is 131 cm³/mol. The molecule has 3 aromatic rings. The van der Waals surface area contributed by atoms with E-state index in [0.717, 1.165) is 24.0 Å². The molecule has 1 amide bonds. The Hall–Kier alpha value is -3.23. The van der Waals surface area contributed by atoms with Gasteiger partial charge in [-0.15, -0.1) is 0 Å². The number of carbonyl (C=O) groups is 1. The molecular weight excluding hydrogens is 450 g/mol. The largest absolute Gasteiger partial charge is 0.336 e. The first-order valence-electron chi connectivity index (χ1n) is 11.5. The number of carbonyl (C=O) groups excluding carboxylic acids is 1. The highest BCUT2D eigenvalue weighted by Gasteiger charge is 2.28. The third-order valence-corrected chi connectivity index (χ3v) is 7.93. The lowest BCUT2D eigenvalue weighted by atomic mass is 10.1. The minimum atomic E-state index is -3.68. The van der Waals surface area contributed by atoms with Gasteiger partial charge in [-0.05, 0) is 36.5 Å². The van der Waals surface area contributed by atoms with Crippen LogP contribution in [0.1, 0.15) is 24.0 Å². The monoisotopic (exact) mass is 479 g/mol. The van der Waals surface area contributed by atoms with Crippen molar-refractivity contribution in [2.45, 2.75) is 37.2 Å². The molecule has 34 heavy (non-hydrogen) atoms. The molecule has 4 rings (SSSR count). The average molecular weight is 480 g/mol. The van der Waals surface area contributed by atoms with E-state index >= 15 is 0 Å². The highest BCUT2D eigenvalue weighted by atomic mass is 32.2. The first kappa shape index (κ1) is 23.9. The van der Waals surface area contributed by atoms with E-state index in [1.807, 2.05) is 60.7 Å². The Labute approximate surface area is 200 Å². The van der Waals surface area contributed by atoms with Crippen LogP contribution in [-0.4, -0.2) is 47.7 Å². The van der Waals surface area contributed by atoms with E-state index in [-0.39, 0.29) is 17.3 Å². The second-order valence-electron chi connectivity index (χ2n) is 8.48. The third kappa shape index (κ3) is 5.81. The Kier molecular flexibility index (Phi) is 7.59. The Bertz CT molecular complexity index is 1270. The van der Waals surface area contributed by atoms with Crippen molar-refractivity contribution >= 4 is 15.9 Å². The van der Waals surface area contributed by atoms with E-state index in [2.05, 4.69) is 0 Å². The summed E-state index contributed by atoms with van der Waals surface area (Å²) >= 11 is 0. The van der Waals surface area contributed by atoms with Crippen LogP contribution in [0, 0.1) is 0 Å². The van der Waals surface area contributed by atoms with Crippen molar-refractivity contribution in [3.8, 4) is 0 Å². The number of nitrogens with zero attached hydrogens (tertiary/aromatic N) is 3. The van der Waals surface area contributed by atoms with Crippen LogP contribution in [-0.2, 0) is 34.3 Å². The Morgan fingerprint density at radius 3 is 2.12 bits per heavy atom. The molecule has 1 aromatic heterocycles. The summed E-state index contributed by atoms with van der Waals surface area (Å²) in [6, 6.07) is 22.1. The van der Waals surface area contributed by atoms with Gasteiger partial charge < -0.3 is 9.47 Å². The van der Waals surface area contributed by atoms with Gasteiger partial charge in [0.15, 0.2) is 0 Å². The minimum absolute atomic E-state index is 0.0423. The zero-order chi connectivity index (χ0) is 24.0. The molecule has 0 atom stereocenters. The number of aromatic nitrogens is 1. The van der Waals surface area contributed by atoms with Crippen LogP contribution in [0.15, 0.2) is 88.7 Å². The van der Waals surface area contributed by atoms with Crippen molar-refractivity contribution in [1.29, 1.82) is 0 Å². The molecular formula is C26H29N3O4S. The molecule has 178 valence electrons. The summed E-state index contributed by atoms with van der Waals surface area (Å²) in [5.74, 6) is -0.238. The van der Waals surface area contributed by atoms with Gasteiger partial charge in [0.2, 0.25) is 15.9 Å². The van der Waals surface area contributed by atoms with Gasteiger partial charge in [0, 0.05) is 38.4 Å². The van der Waals surface area contributed by atoms with Gasteiger partial charge in [-0.1, -0.05) is 60.7 Å². The molecule has 0 radical (unpaired) electrons. The molecule has 0 N–H and O–H groups in total. The van der Waals surface area contributed by atoms with Crippen LogP contribution in [0.3, 0.4) is 0 Å². The Morgan fingerprint density at radius 2 is 1.47 bits per heavy atom. The maximum atomic E-state index is 13.3. The zero-order valence-electron chi connectivity index (χ0n) is 19.0. The van der Waals surface area contributed by atoms with Crippen LogP contribution >= 0.6 is 0 Å². The molecule has 2 heterocycles. The predicted octanol–water partition coefficient (Wildman–Crippen LogP) is 2.90. The van der Waals surface area contributed by atoms with Crippen LogP contribution in [0.25, 0.3) is 0 Å². The Morgan fingerprint density at radius 1 is 0.853 bits per heavy atom. The number of pyridine rings is 1. The lowest BCUT2D eigenvalue weighted by Gasteiger charge is -2.24. The number of benzene rings is 2. The van der Waals surface area contributed by atoms with E-state index in [4.69, 9.17) is 0 Å². The van der Waals surface area contributed by atoms with E-state index < -0.39 is 15.6 Å². The van der Waals surface area contributed by atoms with E-state index in [9.17, 15) is 18.0 Å². The summed E-state index contributed by atoms with van der Waals surface area (Å²) in [6.07, 6.45) is 3.63. The first-order valence-corrected chi connectivity index (χ1v) is 12.9. The van der Waals surface area contributed by atoms with E-state index in [1.165, 1.54) is 27.2 Å². The van der Waals surface area contributed by atoms with E-state index in [0.29, 0.717) is 32.6 Å². The minimum Gasteiger partial charge on any atom is -0.336 e. The third-order valence-electron chi connectivity index (χ3n) is 6.05. The van der Waals surface area contributed by atoms with Crippen molar-refractivity contribution in [2.24, 2.45) is 0 Å². The second kappa shape index (κ2) is 10.8. The summed E-state index contributed by atoms with van der Waals surface area (Å²) in [5.41, 5.74) is 1.70. The molecule has 0 bridgehead atoms. The summed E-state index contributed by atoms with van der Waals surface area (Å²) in [7, 11) is -3.68. The van der Waals surface area contributed by atoms with Gasteiger partial charge in [-0.3, -0.25) is 9.59 Å². The number of amides is 1. The molecule has 1 aliphatic heterocycles. The van der Waals surface area contributed by atoms with Gasteiger partial charge >= 0.3 is 0 Å². The number of sulfonamides is 1. The fraction of sp³-hybridized carbons (Fsp3) is 0.308. The van der Waals surface area contributed by atoms with Gasteiger partial charge in [0.05, 0.1) is 4.90 Å². The number of hydrogen-bond donors (Lipinski definition) is 0. The van der Waals surface area contributed by atoms with Gasteiger partial charge in [0.1, 0.15) is 6.54 Å². The quantitative estimate of drug-likeness (QED) is 0.473. The SMILES string of the molecule is O=C(Cn1cc(S(=O)(=O)N2CCCC2)ccc1=O)N(CCc1ccccc1)Cc1ccccc1. The fourth-order valence-corrected chi connectivity index (χ4v) is 5.65. The summed E-state index contributed by atoms with van der Waals surface area (Å²) in [6.45, 7) is 1.63. The highest BCUT2D eigenvalue weighted by Crippen LogP contribution is 2.20. The van der Waals surface area contributed by atoms with Crippen molar-refractivity contribution in [3.63, 3.8) is 0 Å². The Balaban J connectivity index is 1.54. The van der Waals surface area contributed by atoms with Crippen LogP contribution in [0.2, 0.25) is 0 Å². The molecule has 0 saturated carbocycles. The van der Waals surface area contributed by atoms with Crippen molar-refractivity contribution < 1.29 is 13.2 Å². The highest BCUT2D eigenvalue weighted by molar-refractivity contribution is 7.89. The molecule has 1 aliphatic rings. The molecule has 0 spiro atoms. The topological polar surface area (TPSA) is 79.7 Å². The van der Waals surface area contributed by atoms with Crippen LogP contribution < -0.4 is 5.56 Å². The maximum absolute atomic E-state index is 13.3. The standard InChI is InChI=1S/C26H29N3O4S/c30-25-14-13-24(34(32,33)29-16-7-8-17-29)20-28(25)21-26(31)27(19-23-11-5-2-6-12-23)18-15-22-9-3-1-4-10-22/h1-6,9-14,20H,7-8,15-19,21H2. The van der Waals surface area contributed by atoms with Crippen molar-refractivity contribution in [1.82, 2.24) is 13.8 Å². The maximum Gasteiger partial charge on any atom is 0.251 e. The number of rotatable bonds is 9. The summed E-state index contributed by atoms with van der Waals surface area (Å²) < 4.78 is 28.5. The van der Waals surface area contributed by atoms with Crippen molar-refractivity contribution in [3.05, 3.63) is 100 Å². The molecule has 8 heteroatoms. The molecule has 2 aromatic carbocycles. The van der Waals surface area contributed by atoms with Crippen LogP contribution in [0.5, 0.6) is 0 Å². The first-order chi connectivity index (χ1) is 16.4. The fourth-order valence-electron chi connectivity index (χ4n) is 4.11. The normalized spacial score (nSPS) is 14.2. The van der Waals surface area contributed by atoms with E-state index in [1.54, 1.807) is 4.90 Å². The lowest BCUT2D eigenvalue weighted by molar-refractivity contribution is -0.132. The van der Waals surface area contributed by atoms with Crippen molar-refractivity contribution in [2.75, 3.05) is 19.6 Å². The lowest BCUT2D eigenvalue weighted by Crippen LogP contribution is -2.37. The summed E-state index contributed by atoms with van der Waals surface area (Å²) in [5, 5.41) is 0. The van der Waals surface area contributed by atoms with Crippen LogP contribution in [0.4, 0.5) is 0 Å². The zero-order valence-corrected chi connectivity index (χ0v) is 19.9.